The molecule has 0 aromatic carbocycles. The lowest BCUT2D eigenvalue weighted by molar-refractivity contribution is -0.0388. The van der Waals surface area contributed by atoms with Gasteiger partial charge in [-0.25, -0.2) is 0 Å². The molecule has 1 N–H and O–H groups in total. The van der Waals surface area contributed by atoms with Gasteiger partial charge in [0, 0.05) is 13.2 Å². The number of hydrogen-bond acceptors (Lipinski definition) is 2. The summed E-state index contributed by atoms with van der Waals surface area (Å²) in [5.74, 6) is 0.903. The number of nitrogens with one attached hydrogen (secondary N) is 1. The Hall–Kier alpha value is -0.0800. The standard InChI is InChI=1S/C12H25NO/c1-4-14-12(2,10-13-3)9-11-7-5-6-8-11/h11,13H,4-10H2,1-3H3. The van der Waals surface area contributed by atoms with Crippen LogP contribution in [0, 0.1) is 5.92 Å². The summed E-state index contributed by atoms with van der Waals surface area (Å²) in [6, 6.07) is 0. The first kappa shape index (κ1) is 12.0. The lowest BCUT2D eigenvalue weighted by atomic mass is 9.90. The molecule has 2 heteroatoms. The normalized spacial score (nSPS) is 22.5. The van der Waals surface area contributed by atoms with E-state index < -0.39 is 0 Å². The Labute approximate surface area is 88.4 Å². The highest BCUT2D eigenvalue weighted by Gasteiger charge is 2.29. The minimum Gasteiger partial charge on any atom is -0.374 e. The molecule has 0 bridgehead atoms. The zero-order valence-corrected chi connectivity index (χ0v) is 9.94. The Kier molecular flexibility index (Phi) is 4.90. The molecule has 0 spiro atoms. The molecule has 0 aromatic heterocycles. The van der Waals surface area contributed by atoms with E-state index in [1.54, 1.807) is 0 Å². The highest BCUT2D eigenvalue weighted by molar-refractivity contribution is 4.83. The third-order valence-corrected chi connectivity index (χ3v) is 3.24. The fraction of sp³-hybridized carbons (Fsp3) is 1.00. The zero-order valence-electron chi connectivity index (χ0n) is 9.94. The van der Waals surface area contributed by atoms with Crippen LogP contribution in [0.15, 0.2) is 0 Å². The Morgan fingerprint density at radius 1 is 1.36 bits per heavy atom. The van der Waals surface area contributed by atoms with Gasteiger partial charge in [0.05, 0.1) is 5.60 Å². The van der Waals surface area contributed by atoms with Gasteiger partial charge >= 0.3 is 0 Å². The van der Waals surface area contributed by atoms with Gasteiger partial charge in [-0.1, -0.05) is 25.7 Å². The Morgan fingerprint density at radius 3 is 2.50 bits per heavy atom. The Morgan fingerprint density at radius 2 is 2.00 bits per heavy atom. The van der Waals surface area contributed by atoms with Crippen LogP contribution < -0.4 is 5.32 Å². The summed E-state index contributed by atoms with van der Waals surface area (Å²) < 4.78 is 5.87. The van der Waals surface area contributed by atoms with Gasteiger partial charge in [-0.3, -0.25) is 0 Å². The van der Waals surface area contributed by atoms with Crippen molar-refractivity contribution < 1.29 is 4.74 Å². The maximum absolute atomic E-state index is 5.87. The van der Waals surface area contributed by atoms with Crippen molar-refractivity contribution >= 4 is 0 Å². The molecule has 0 saturated heterocycles. The van der Waals surface area contributed by atoms with Crippen LogP contribution in [-0.2, 0) is 4.74 Å². The van der Waals surface area contributed by atoms with Gasteiger partial charge in [-0.15, -0.1) is 0 Å². The van der Waals surface area contributed by atoms with Gasteiger partial charge in [0.25, 0.3) is 0 Å². The monoisotopic (exact) mass is 199 g/mol. The predicted octanol–water partition coefficient (Wildman–Crippen LogP) is 2.58. The lowest BCUT2D eigenvalue weighted by Gasteiger charge is -2.32. The first-order valence-electron chi connectivity index (χ1n) is 5.99. The molecule has 1 atom stereocenters. The smallest absolute Gasteiger partial charge is 0.0780 e. The highest BCUT2D eigenvalue weighted by Crippen LogP contribution is 2.33. The molecular weight excluding hydrogens is 174 g/mol. The molecule has 14 heavy (non-hydrogen) atoms. The van der Waals surface area contributed by atoms with E-state index in [1.807, 2.05) is 7.05 Å². The van der Waals surface area contributed by atoms with Crippen LogP contribution in [0.4, 0.5) is 0 Å². The van der Waals surface area contributed by atoms with Crippen LogP contribution in [-0.4, -0.2) is 25.8 Å². The topological polar surface area (TPSA) is 21.3 Å². The van der Waals surface area contributed by atoms with E-state index >= 15 is 0 Å². The van der Waals surface area contributed by atoms with E-state index in [0.717, 1.165) is 19.1 Å². The summed E-state index contributed by atoms with van der Waals surface area (Å²) in [4.78, 5) is 0. The minimum absolute atomic E-state index is 0.0541. The van der Waals surface area contributed by atoms with Crippen LogP contribution in [0.3, 0.4) is 0 Å². The zero-order chi connectivity index (χ0) is 10.4. The molecule has 0 aromatic rings. The van der Waals surface area contributed by atoms with Gasteiger partial charge < -0.3 is 10.1 Å². The number of ether oxygens (including phenoxy) is 1. The number of likely N-dealkylation sites (N-methyl/N-ethyl adjacent to an activating group) is 1. The predicted molar refractivity (Wildman–Crippen MR) is 60.5 cm³/mol. The van der Waals surface area contributed by atoms with Crippen molar-refractivity contribution in [2.45, 2.75) is 51.6 Å². The van der Waals surface area contributed by atoms with Crippen molar-refractivity contribution in [3.05, 3.63) is 0 Å². The van der Waals surface area contributed by atoms with Crippen LogP contribution in [0.5, 0.6) is 0 Å². The first-order valence-corrected chi connectivity index (χ1v) is 5.99. The third kappa shape index (κ3) is 3.58. The van der Waals surface area contributed by atoms with Gasteiger partial charge in [0.15, 0.2) is 0 Å². The minimum atomic E-state index is 0.0541. The molecule has 1 saturated carbocycles. The van der Waals surface area contributed by atoms with E-state index in [4.69, 9.17) is 4.74 Å². The van der Waals surface area contributed by atoms with E-state index in [1.165, 1.54) is 32.1 Å². The molecule has 0 amide bonds. The van der Waals surface area contributed by atoms with Gasteiger partial charge in [0.2, 0.25) is 0 Å². The molecular formula is C12H25NO. The molecule has 1 unspecified atom stereocenters. The van der Waals surface area contributed by atoms with Crippen molar-refractivity contribution in [2.24, 2.45) is 5.92 Å². The van der Waals surface area contributed by atoms with Crippen molar-refractivity contribution in [2.75, 3.05) is 20.2 Å². The van der Waals surface area contributed by atoms with E-state index in [-0.39, 0.29) is 5.60 Å². The first-order chi connectivity index (χ1) is 6.70. The fourth-order valence-corrected chi connectivity index (χ4v) is 2.73. The SMILES string of the molecule is CCOC(C)(CNC)CC1CCCC1. The largest absolute Gasteiger partial charge is 0.374 e. The van der Waals surface area contributed by atoms with Crippen molar-refractivity contribution in [3.8, 4) is 0 Å². The average Bonchev–Trinajstić information content (AvgIpc) is 2.57. The fourth-order valence-electron chi connectivity index (χ4n) is 2.73. The summed E-state index contributed by atoms with van der Waals surface area (Å²) in [7, 11) is 2.01. The van der Waals surface area contributed by atoms with Crippen LogP contribution >= 0.6 is 0 Å². The van der Waals surface area contributed by atoms with Gasteiger partial charge in [0.1, 0.15) is 0 Å². The maximum atomic E-state index is 5.87. The van der Waals surface area contributed by atoms with Gasteiger partial charge in [-0.05, 0) is 33.2 Å². The van der Waals surface area contributed by atoms with Crippen molar-refractivity contribution in [1.82, 2.24) is 5.32 Å². The molecule has 0 heterocycles. The molecule has 1 rings (SSSR count). The third-order valence-electron chi connectivity index (χ3n) is 3.24. The Bertz CT molecular complexity index is 146. The maximum Gasteiger partial charge on any atom is 0.0780 e. The molecule has 2 nitrogen and oxygen atoms in total. The number of rotatable bonds is 6. The van der Waals surface area contributed by atoms with Crippen molar-refractivity contribution in [3.63, 3.8) is 0 Å². The molecule has 1 aliphatic rings. The summed E-state index contributed by atoms with van der Waals surface area (Å²) in [5.41, 5.74) is 0.0541. The summed E-state index contributed by atoms with van der Waals surface area (Å²) in [6.45, 7) is 6.12. The van der Waals surface area contributed by atoms with E-state index in [2.05, 4.69) is 19.2 Å². The van der Waals surface area contributed by atoms with Crippen molar-refractivity contribution in [1.29, 1.82) is 0 Å². The number of hydrogen-bond donors (Lipinski definition) is 1. The molecule has 0 aliphatic heterocycles. The summed E-state index contributed by atoms with van der Waals surface area (Å²) in [5, 5.41) is 3.24. The van der Waals surface area contributed by atoms with E-state index in [0.29, 0.717) is 0 Å². The van der Waals surface area contributed by atoms with Gasteiger partial charge in [-0.2, -0.15) is 0 Å². The molecule has 84 valence electrons. The van der Waals surface area contributed by atoms with Crippen LogP contribution in [0.1, 0.15) is 46.0 Å². The van der Waals surface area contributed by atoms with Crippen LogP contribution in [0.25, 0.3) is 0 Å². The highest BCUT2D eigenvalue weighted by atomic mass is 16.5. The summed E-state index contributed by atoms with van der Waals surface area (Å²) in [6.07, 6.45) is 6.89. The van der Waals surface area contributed by atoms with E-state index in [9.17, 15) is 0 Å². The average molecular weight is 199 g/mol. The summed E-state index contributed by atoms with van der Waals surface area (Å²) >= 11 is 0. The quantitative estimate of drug-likeness (QED) is 0.710. The molecule has 1 fully saturated rings. The Balaban J connectivity index is 2.39. The molecule has 1 aliphatic carbocycles. The second-order valence-electron chi connectivity index (χ2n) is 4.77. The molecule has 0 radical (unpaired) electrons. The van der Waals surface area contributed by atoms with Crippen LogP contribution in [0.2, 0.25) is 0 Å². The lowest BCUT2D eigenvalue weighted by Crippen LogP contribution is -2.40. The second kappa shape index (κ2) is 5.72. The second-order valence-corrected chi connectivity index (χ2v) is 4.77.